The van der Waals surface area contributed by atoms with E-state index in [1.165, 1.54) is 0 Å². The number of hydrogen-bond donors (Lipinski definition) is 2. The summed E-state index contributed by atoms with van der Waals surface area (Å²) < 4.78 is 0. The molecule has 7 heteroatoms. The number of aromatic amines is 1. The third kappa shape index (κ3) is 2.65. The number of likely N-dealkylation sites (N-methyl/N-ethyl adjacent to an activating group) is 1. The fourth-order valence-corrected chi connectivity index (χ4v) is 2.88. The fraction of sp³-hybridized carbons (Fsp3) is 0.643. The molecule has 1 saturated heterocycles. The second-order valence-corrected chi connectivity index (χ2v) is 5.52. The van der Waals surface area contributed by atoms with Crippen LogP contribution in [0.4, 0.5) is 11.8 Å². The van der Waals surface area contributed by atoms with Gasteiger partial charge in [-0.05, 0) is 20.4 Å². The van der Waals surface area contributed by atoms with E-state index in [0.29, 0.717) is 12.0 Å². The van der Waals surface area contributed by atoms with E-state index in [4.69, 9.17) is 4.98 Å². The minimum atomic E-state index is 0.568. The molecule has 0 aliphatic carbocycles. The highest BCUT2D eigenvalue weighted by atomic mass is 15.3. The maximum atomic E-state index is 4.71. The molecule has 0 spiro atoms. The Morgan fingerprint density at radius 2 is 2.19 bits per heavy atom. The van der Waals surface area contributed by atoms with Crippen LogP contribution in [0.5, 0.6) is 0 Å². The number of piperazine rings is 1. The van der Waals surface area contributed by atoms with Gasteiger partial charge in [0.05, 0.1) is 11.6 Å². The fourth-order valence-electron chi connectivity index (χ4n) is 2.88. The van der Waals surface area contributed by atoms with Crippen LogP contribution in [0.25, 0.3) is 11.0 Å². The predicted molar refractivity (Wildman–Crippen MR) is 84.8 cm³/mol. The summed E-state index contributed by atoms with van der Waals surface area (Å²) in [5.74, 6) is 1.65. The molecule has 2 aromatic heterocycles. The largest absolute Gasteiger partial charge is 0.354 e. The zero-order valence-corrected chi connectivity index (χ0v) is 12.9. The van der Waals surface area contributed by atoms with Crippen LogP contribution in [0.1, 0.15) is 20.3 Å². The van der Waals surface area contributed by atoms with E-state index < -0.39 is 0 Å². The van der Waals surface area contributed by atoms with Gasteiger partial charge in [0.1, 0.15) is 5.82 Å². The molecule has 1 atom stereocenters. The number of fused-ring (bicyclic) bond motifs is 1. The lowest BCUT2D eigenvalue weighted by Crippen LogP contribution is -2.51. The van der Waals surface area contributed by atoms with E-state index in [1.54, 1.807) is 0 Å². The predicted octanol–water partition coefficient (Wildman–Crippen LogP) is 1.32. The number of rotatable bonds is 4. The summed E-state index contributed by atoms with van der Waals surface area (Å²) in [6.45, 7) is 8.12. The van der Waals surface area contributed by atoms with E-state index in [-0.39, 0.29) is 0 Å². The first kappa shape index (κ1) is 14.1. The van der Waals surface area contributed by atoms with Crippen LogP contribution >= 0.6 is 0 Å². The molecule has 0 radical (unpaired) electrons. The molecule has 21 heavy (non-hydrogen) atoms. The normalized spacial score (nSPS) is 20.1. The van der Waals surface area contributed by atoms with Gasteiger partial charge in [-0.25, -0.2) is 0 Å². The Balaban J connectivity index is 1.96. The summed E-state index contributed by atoms with van der Waals surface area (Å²) in [5.41, 5.74) is 0.794. The van der Waals surface area contributed by atoms with Crippen LogP contribution in [0.3, 0.4) is 0 Å². The molecule has 114 valence electrons. The Morgan fingerprint density at radius 3 is 2.95 bits per heavy atom. The molecule has 1 aliphatic heterocycles. The van der Waals surface area contributed by atoms with Crippen LogP contribution in [0.2, 0.25) is 0 Å². The van der Waals surface area contributed by atoms with Gasteiger partial charge in [0.15, 0.2) is 5.65 Å². The topological polar surface area (TPSA) is 73.0 Å². The smallest absolute Gasteiger partial charge is 0.226 e. The van der Waals surface area contributed by atoms with Crippen LogP contribution in [0.15, 0.2) is 6.20 Å². The lowest BCUT2D eigenvalue weighted by molar-refractivity contribution is 0.213. The zero-order chi connectivity index (χ0) is 14.8. The number of aromatic nitrogens is 4. The van der Waals surface area contributed by atoms with E-state index in [2.05, 4.69) is 44.3 Å². The highest BCUT2D eigenvalue weighted by Gasteiger charge is 2.25. The van der Waals surface area contributed by atoms with Gasteiger partial charge in [0.2, 0.25) is 5.95 Å². The molecule has 0 saturated carbocycles. The second-order valence-electron chi connectivity index (χ2n) is 5.52. The maximum Gasteiger partial charge on any atom is 0.226 e. The van der Waals surface area contributed by atoms with Crippen LogP contribution in [0, 0.1) is 0 Å². The summed E-state index contributed by atoms with van der Waals surface area (Å²) in [5, 5.41) is 11.3. The van der Waals surface area contributed by atoms with Gasteiger partial charge in [0, 0.05) is 32.2 Å². The molecule has 1 fully saturated rings. The van der Waals surface area contributed by atoms with Gasteiger partial charge in [-0.2, -0.15) is 15.1 Å². The first-order valence-corrected chi connectivity index (χ1v) is 7.63. The molecule has 7 nitrogen and oxygen atoms in total. The average Bonchev–Trinajstić information content (AvgIpc) is 2.96. The SMILES string of the molecule is CCNc1nc(N2CCN(C)C(CC)C2)c2cn[nH]c2n1. The van der Waals surface area contributed by atoms with Gasteiger partial charge in [-0.3, -0.25) is 10.00 Å². The van der Waals surface area contributed by atoms with Crippen molar-refractivity contribution in [3.63, 3.8) is 0 Å². The van der Waals surface area contributed by atoms with Gasteiger partial charge in [-0.1, -0.05) is 6.92 Å². The first-order valence-electron chi connectivity index (χ1n) is 7.63. The van der Waals surface area contributed by atoms with Crippen molar-refractivity contribution < 1.29 is 0 Å². The minimum absolute atomic E-state index is 0.568. The summed E-state index contributed by atoms with van der Waals surface area (Å²) in [6.07, 6.45) is 2.96. The molecular weight excluding hydrogens is 266 g/mol. The Morgan fingerprint density at radius 1 is 1.33 bits per heavy atom. The van der Waals surface area contributed by atoms with Crippen molar-refractivity contribution in [3.05, 3.63) is 6.20 Å². The Bertz CT molecular complexity index is 608. The van der Waals surface area contributed by atoms with Crippen molar-refractivity contribution in [1.82, 2.24) is 25.1 Å². The van der Waals surface area contributed by atoms with Gasteiger partial charge in [0.25, 0.3) is 0 Å². The first-order chi connectivity index (χ1) is 10.2. The van der Waals surface area contributed by atoms with Crippen LogP contribution in [-0.2, 0) is 0 Å². The highest BCUT2D eigenvalue weighted by molar-refractivity contribution is 5.87. The number of nitrogens with zero attached hydrogens (tertiary/aromatic N) is 5. The Labute approximate surface area is 124 Å². The molecule has 0 bridgehead atoms. The summed E-state index contributed by atoms with van der Waals surface area (Å²) in [4.78, 5) is 13.9. The zero-order valence-electron chi connectivity index (χ0n) is 12.9. The second kappa shape index (κ2) is 5.85. The summed E-state index contributed by atoms with van der Waals surface area (Å²) >= 11 is 0. The third-order valence-electron chi connectivity index (χ3n) is 4.17. The molecule has 3 rings (SSSR count). The van der Waals surface area contributed by atoms with E-state index in [0.717, 1.165) is 49.5 Å². The number of nitrogens with one attached hydrogen (secondary N) is 2. The van der Waals surface area contributed by atoms with Crippen molar-refractivity contribution >= 4 is 22.8 Å². The standard InChI is InChI=1S/C14H23N7/c1-4-10-9-21(7-6-20(10)3)13-11-8-16-19-12(11)17-14(18-13)15-5-2/h8,10H,4-7,9H2,1-3H3,(H2,15,16,17,18,19). The van der Waals surface area contributed by atoms with Crippen molar-refractivity contribution in [2.24, 2.45) is 0 Å². The Kier molecular flexibility index (Phi) is 3.92. The lowest BCUT2D eigenvalue weighted by atomic mass is 10.1. The monoisotopic (exact) mass is 289 g/mol. The number of anilines is 2. The van der Waals surface area contributed by atoms with Gasteiger partial charge >= 0.3 is 0 Å². The molecule has 1 unspecified atom stereocenters. The molecule has 1 aliphatic rings. The lowest BCUT2D eigenvalue weighted by Gasteiger charge is -2.39. The molecular formula is C14H23N7. The number of hydrogen-bond acceptors (Lipinski definition) is 6. The molecule has 0 aromatic carbocycles. The molecule has 0 amide bonds. The maximum absolute atomic E-state index is 4.71. The third-order valence-corrected chi connectivity index (χ3v) is 4.17. The van der Waals surface area contributed by atoms with Crippen LogP contribution in [-0.4, -0.2) is 64.3 Å². The van der Waals surface area contributed by atoms with Crippen molar-refractivity contribution in [1.29, 1.82) is 0 Å². The van der Waals surface area contributed by atoms with E-state index >= 15 is 0 Å². The summed E-state index contributed by atoms with van der Waals surface area (Å²) in [7, 11) is 2.20. The minimum Gasteiger partial charge on any atom is -0.354 e. The van der Waals surface area contributed by atoms with Crippen molar-refractivity contribution in [3.8, 4) is 0 Å². The quantitative estimate of drug-likeness (QED) is 0.884. The van der Waals surface area contributed by atoms with Crippen LogP contribution < -0.4 is 10.2 Å². The molecule has 2 aromatic rings. The van der Waals surface area contributed by atoms with Gasteiger partial charge in [-0.15, -0.1) is 0 Å². The van der Waals surface area contributed by atoms with E-state index in [1.807, 2.05) is 13.1 Å². The van der Waals surface area contributed by atoms with Crippen molar-refractivity contribution in [2.75, 3.05) is 43.4 Å². The van der Waals surface area contributed by atoms with E-state index in [9.17, 15) is 0 Å². The summed E-state index contributed by atoms with van der Waals surface area (Å²) in [6, 6.07) is 0.568. The highest BCUT2D eigenvalue weighted by Crippen LogP contribution is 2.26. The Hall–Kier alpha value is -1.89. The molecule has 2 N–H and O–H groups in total. The average molecular weight is 289 g/mol. The van der Waals surface area contributed by atoms with Gasteiger partial charge < -0.3 is 10.2 Å². The number of H-pyrrole nitrogens is 1. The molecule has 3 heterocycles. The van der Waals surface area contributed by atoms with Crippen molar-refractivity contribution in [2.45, 2.75) is 26.3 Å².